The van der Waals surface area contributed by atoms with Crippen LogP contribution >= 0.6 is 23.4 Å². The number of hydrogen-bond acceptors (Lipinski definition) is 4. The Kier molecular flexibility index (Phi) is 6.75. The number of aryl methyl sites for hydroxylation is 2. The van der Waals surface area contributed by atoms with Crippen LogP contribution in [0, 0.1) is 13.8 Å². The minimum atomic E-state index is -0.312. The Morgan fingerprint density at radius 1 is 1.14 bits per heavy atom. The molecule has 0 aliphatic rings. The van der Waals surface area contributed by atoms with E-state index in [4.69, 9.17) is 11.6 Å². The number of thioether (sulfide) groups is 1. The van der Waals surface area contributed by atoms with E-state index in [9.17, 15) is 4.79 Å². The summed E-state index contributed by atoms with van der Waals surface area (Å²) in [5.74, 6) is 1.14. The van der Waals surface area contributed by atoms with Crippen molar-refractivity contribution in [2.45, 2.75) is 37.7 Å². The second-order valence-corrected chi connectivity index (χ2v) is 7.92. The van der Waals surface area contributed by atoms with E-state index in [2.05, 4.69) is 58.8 Å². The van der Waals surface area contributed by atoms with Gasteiger partial charge >= 0.3 is 0 Å². The van der Waals surface area contributed by atoms with Crippen LogP contribution in [-0.4, -0.2) is 26.6 Å². The molecule has 1 N–H and O–H groups in total. The second kappa shape index (κ2) is 9.26. The van der Waals surface area contributed by atoms with Gasteiger partial charge in [-0.05, 0) is 38.5 Å². The Balaban J connectivity index is 1.92. The SMILES string of the molecule is Cc1ccc(-n2c(SCc3cccc(C)c3)nnc2[C@@H](C)NC(=O)CCl)cc1. The lowest BCUT2D eigenvalue weighted by Crippen LogP contribution is -2.29. The summed E-state index contributed by atoms with van der Waals surface area (Å²) >= 11 is 7.26. The van der Waals surface area contributed by atoms with E-state index >= 15 is 0 Å². The molecule has 0 fully saturated rings. The van der Waals surface area contributed by atoms with Crippen molar-refractivity contribution in [3.8, 4) is 5.69 Å². The van der Waals surface area contributed by atoms with Crippen LogP contribution in [-0.2, 0) is 10.5 Å². The summed E-state index contributed by atoms with van der Waals surface area (Å²) in [6, 6.07) is 16.3. The van der Waals surface area contributed by atoms with Gasteiger partial charge < -0.3 is 5.32 Å². The smallest absolute Gasteiger partial charge is 0.235 e. The maximum Gasteiger partial charge on any atom is 0.235 e. The molecule has 146 valence electrons. The molecule has 0 aliphatic carbocycles. The van der Waals surface area contributed by atoms with Gasteiger partial charge in [0.1, 0.15) is 5.88 Å². The number of halogens is 1. The summed E-state index contributed by atoms with van der Waals surface area (Å²) in [7, 11) is 0. The first kappa shape index (κ1) is 20.4. The van der Waals surface area contributed by atoms with E-state index in [1.807, 2.05) is 30.5 Å². The predicted molar refractivity (Wildman–Crippen MR) is 114 cm³/mol. The van der Waals surface area contributed by atoms with Crippen molar-refractivity contribution in [3.05, 3.63) is 71.0 Å². The highest BCUT2D eigenvalue weighted by Gasteiger charge is 2.20. The van der Waals surface area contributed by atoms with Crippen LogP contribution in [0.2, 0.25) is 0 Å². The molecule has 0 saturated heterocycles. The van der Waals surface area contributed by atoms with Crippen molar-refractivity contribution in [2.24, 2.45) is 0 Å². The van der Waals surface area contributed by atoms with Gasteiger partial charge in [-0.15, -0.1) is 21.8 Å². The monoisotopic (exact) mass is 414 g/mol. The fourth-order valence-electron chi connectivity index (χ4n) is 2.89. The minimum Gasteiger partial charge on any atom is -0.345 e. The molecule has 5 nitrogen and oxygen atoms in total. The number of carbonyl (C=O) groups is 1. The van der Waals surface area contributed by atoms with Gasteiger partial charge in [-0.25, -0.2) is 0 Å². The Hall–Kier alpha value is -2.31. The molecule has 1 amide bonds. The van der Waals surface area contributed by atoms with Gasteiger partial charge in [0.05, 0.1) is 6.04 Å². The molecular formula is C21H23ClN4OS. The number of alkyl halides is 1. The van der Waals surface area contributed by atoms with Crippen LogP contribution in [0.3, 0.4) is 0 Å². The van der Waals surface area contributed by atoms with Gasteiger partial charge in [-0.1, -0.05) is 59.3 Å². The predicted octanol–water partition coefficient (Wildman–Crippen LogP) is 4.59. The molecule has 1 heterocycles. The van der Waals surface area contributed by atoms with Crippen molar-refractivity contribution in [3.63, 3.8) is 0 Å². The Morgan fingerprint density at radius 2 is 1.89 bits per heavy atom. The summed E-state index contributed by atoms with van der Waals surface area (Å²) in [4.78, 5) is 11.7. The molecule has 0 aliphatic heterocycles. The zero-order valence-electron chi connectivity index (χ0n) is 16.1. The number of amides is 1. The molecule has 0 bridgehead atoms. The quantitative estimate of drug-likeness (QED) is 0.453. The van der Waals surface area contributed by atoms with Crippen LogP contribution in [0.5, 0.6) is 0 Å². The van der Waals surface area contributed by atoms with Gasteiger partial charge in [-0.2, -0.15) is 0 Å². The number of aromatic nitrogens is 3. The van der Waals surface area contributed by atoms with E-state index in [1.54, 1.807) is 11.8 Å². The van der Waals surface area contributed by atoms with E-state index in [0.29, 0.717) is 5.82 Å². The molecule has 3 aromatic rings. The number of carbonyl (C=O) groups excluding carboxylic acids is 1. The molecule has 7 heteroatoms. The molecule has 2 aromatic carbocycles. The first-order valence-corrected chi connectivity index (χ1v) is 10.6. The lowest BCUT2D eigenvalue weighted by molar-refractivity contribution is -0.119. The molecule has 28 heavy (non-hydrogen) atoms. The van der Waals surface area contributed by atoms with E-state index in [1.165, 1.54) is 16.7 Å². The average Bonchev–Trinajstić information content (AvgIpc) is 3.11. The summed E-state index contributed by atoms with van der Waals surface area (Å²) in [5, 5.41) is 12.4. The first-order chi connectivity index (χ1) is 13.5. The van der Waals surface area contributed by atoms with E-state index in [-0.39, 0.29) is 17.8 Å². The largest absolute Gasteiger partial charge is 0.345 e. The number of hydrogen-bond donors (Lipinski definition) is 1. The Bertz CT molecular complexity index is 955. The molecule has 0 unspecified atom stereocenters. The van der Waals surface area contributed by atoms with Gasteiger partial charge in [0.25, 0.3) is 0 Å². The van der Waals surface area contributed by atoms with Gasteiger partial charge in [0, 0.05) is 11.4 Å². The maximum absolute atomic E-state index is 11.7. The van der Waals surface area contributed by atoms with Gasteiger partial charge in [0.2, 0.25) is 5.91 Å². The van der Waals surface area contributed by atoms with Crippen LogP contribution in [0.4, 0.5) is 0 Å². The highest BCUT2D eigenvalue weighted by atomic mass is 35.5. The molecule has 0 radical (unpaired) electrons. The van der Waals surface area contributed by atoms with Crippen molar-refractivity contribution in [1.82, 2.24) is 20.1 Å². The second-order valence-electron chi connectivity index (χ2n) is 6.71. The van der Waals surface area contributed by atoms with Gasteiger partial charge in [-0.3, -0.25) is 9.36 Å². The minimum absolute atomic E-state index is 0.0853. The molecular weight excluding hydrogens is 392 g/mol. The van der Waals surface area contributed by atoms with Crippen LogP contribution in [0.25, 0.3) is 5.69 Å². The summed E-state index contributed by atoms with van der Waals surface area (Å²) < 4.78 is 2.00. The third-order valence-corrected chi connectivity index (χ3v) is 5.53. The number of nitrogens with one attached hydrogen (secondary N) is 1. The normalized spacial score (nSPS) is 12.0. The highest BCUT2D eigenvalue weighted by molar-refractivity contribution is 7.98. The Morgan fingerprint density at radius 3 is 2.57 bits per heavy atom. The number of nitrogens with zero attached hydrogens (tertiary/aromatic N) is 3. The van der Waals surface area contributed by atoms with Crippen LogP contribution in [0.1, 0.15) is 35.5 Å². The lowest BCUT2D eigenvalue weighted by atomic mass is 10.2. The highest BCUT2D eigenvalue weighted by Crippen LogP contribution is 2.28. The first-order valence-electron chi connectivity index (χ1n) is 9.04. The van der Waals surface area contributed by atoms with E-state index < -0.39 is 0 Å². The summed E-state index contributed by atoms with van der Waals surface area (Å²) in [6.07, 6.45) is 0. The molecule has 1 aromatic heterocycles. The van der Waals surface area contributed by atoms with Crippen LogP contribution in [0.15, 0.2) is 53.7 Å². The molecule has 1 atom stereocenters. The standard InChI is InChI=1S/C21H23ClN4OS/c1-14-7-9-18(10-8-14)26-20(16(3)23-19(27)12-22)24-25-21(26)28-13-17-6-4-5-15(2)11-17/h4-11,16H,12-13H2,1-3H3,(H,23,27)/t16-/m1/s1. The van der Waals surface area contributed by atoms with Crippen LogP contribution < -0.4 is 5.32 Å². The molecule has 0 saturated carbocycles. The molecule has 0 spiro atoms. The number of rotatable bonds is 7. The number of benzene rings is 2. The Labute approximate surface area is 174 Å². The third kappa shape index (κ3) is 4.94. The zero-order valence-corrected chi connectivity index (χ0v) is 17.7. The van der Waals surface area contributed by atoms with Crippen molar-refractivity contribution >= 4 is 29.3 Å². The average molecular weight is 415 g/mol. The maximum atomic E-state index is 11.7. The van der Waals surface area contributed by atoms with Crippen molar-refractivity contribution in [1.29, 1.82) is 0 Å². The summed E-state index contributed by atoms with van der Waals surface area (Å²) in [6.45, 7) is 6.02. The fourth-order valence-corrected chi connectivity index (χ4v) is 3.87. The van der Waals surface area contributed by atoms with Crippen molar-refractivity contribution in [2.75, 3.05) is 5.88 Å². The fraction of sp³-hybridized carbons (Fsp3) is 0.286. The van der Waals surface area contributed by atoms with E-state index in [0.717, 1.165) is 16.6 Å². The van der Waals surface area contributed by atoms with Gasteiger partial charge in [0.15, 0.2) is 11.0 Å². The summed E-state index contributed by atoms with van der Waals surface area (Å²) in [5.41, 5.74) is 4.60. The third-order valence-electron chi connectivity index (χ3n) is 4.29. The molecule has 3 rings (SSSR count). The lowest BCUT2D eigenvalue weighted by Gasteiger charge is -2.16. The van der Waals surface area contributed by atoms with Crippen molar-refractivity contribution < 1.29 is 4.79 Å². The topological polar surface area (TPSA) is 59.8 Å². The zero-order chi connectivity index (χ0) is 20.1.